The topological polar surface area (TPSA) is 93.2 Å². The van der Waals surface area contributed by atoms with E-state index in [2.05, 4.69) is 10.4 Å². The van der Waals surface area contributed by atoms with Crippen LogP contribution in [0.1, 0.15) is 26.7 Å². The van der Waals surface area contributed by atoms with E-state index in [1.807, 2.05) is 13.8 Å². The lowest BCUT2D eigenvalue weighted by atomic mass is 9.95. The van der Waals surface area contributed by atoms with Crippen LogP contribution in [0.25, 0.3) is 0 Å². The van der Waals surface area contributed by atoms with Crippen LogP contribution in [0.5, 0.6) is 0 Å². The summed E-state index contributed by atoms with van der Waals surface area (Å²) in [5, 5.41) is 15.8. The molecular weight excluding hydrogens is 220 g/mol. The van der Waals surface area contributed by atoms with Crippen molar-refractivity contribution in [1.29, 1.82) is 0 Å². The molecule has 0 radical (unpaired) electrons. The van der Waals surface area contributed by atoms with Gasteiger partial charge in [0.15, 0.2) is 0 Å². The molecule has 0 saturated carbocycles. The Hall–Kier alpha value is -1.56. The van der Waals surface area contributed by atoms with Gasteiger partial charge >= 0.3 is 0 Å². The van der Waals surface area contributed by atoms with Gasteiger partial charge in [0.05, 0.1) is 11.9 Å². The van der Waals surface area contributed by atoms with Crippen LogP contribution in [0.15, 0.2) is 12.4 Å². The maximum atomic E-state index is 11.8. The molecule has 1 rings (SSSR count). The zero-order valence-corrected chi connectivity index (χ0v) is 10.3. The predicted molar refractivity (Wildman–Crippen MR) is 65.2 cm³/mol. The lowest BCUT2D eigenvalue weighted by Crippen LogP contribution is -2.47. The van der Waals surface area contributed by atoms with Crippen LogP contribution < -0.4 is 11.1 Å². The maximum Gasteiger partial charge on any atom is 0.242 e. The number of carbonyl (C=O) groups is 1. The SMILES string of the molecule is CCC(C)(CCO)NC(=O)Cn1cc(N)cn1. The molecule has 0 aromatic carbocycles. The van der Waals surface area contributed by atoms with Gasteiger partial charge in [0.2, 0.25) is 5.91 Å². The van der Waals surface area contributed by atoms with Gasteiger partial charge in [-0.15, -0.1) is 0 Å². The molecule has 0 aliphatic heterocycles. The van der Waals surface area contributed by atoms with Crippen LogP contribution in [-0.4, -0.2) is 32.9 Å². The fourth-order valence-electron chi connectivity index (χ4n) is 1.56. The van der Waals surface area contributed by atoms with E-state index < -0.39 is 0 Å². The lowest BCUT2D eigenvalue weighted by Gasteiger charge is -2.28. The first-order chi connectivity index (χ1) is 7.99. The molecule has 0 bridgehead atoms. The molecule has 96 valence electrons. The fraction of sp³-hybridized carbons (Fsp3) is 0.636. The first-order valence-corrected chi connectivity index (χ1v) is 5.69. The van der Waals surface area contributed by atoms with Gasteiger partial charge < -0.3 is 16.2 Å². The monoisotopic (exact) mass is 240 g/mol. The Bertz CT molecular complexity index is 377. The average Bonchev–Trinajstić information content (AvgIpc) is 2.64. The highest BCUT2D eigenvalue weighted by Crippen LogP contribution is 2.13. The minimum absolute atomic E-state index is 0.0549. The van der Waals surface area contributed by atoms with Gasteiger partial charge in [0.1, 0.15) is 6.54 Å². The molecule has 1 aromatic rings. The summed E-state index contributed by atoms with van der Waals surface area (Å²) in [5.74, 6) is -0.133. The predicted octanol–water partition coefficient (Wildman–Crippen LogP) is 0.133. The van der Waals surface area contributed by atoms with Crippen molar-refractivity contribution in [2.45, 2.75) is 38.8 Å². The number of hydrogen-bond donors (Lipinski definition) is 3. The number of amides is 1. The number of nitrogen functional groups attached to an aromatic ring is 1. The summed E-state index contributed by atoms with van der Waals surface area (Å²) in [6.45, 7) is 4.08. The Morgan fingerprint density at radius 1 is 1.71 bits per heavy atom. The summed E-state index contributed by atoms with van der Waals surface area (Å²) in [6, 6.07) is 0. The molecule has 0 spiro atoms. The number of aliphatic hydroxyl groups is 1. The van der Waals surface area contributed by atoms with Gasteiger partial charge in [-0.2, -0.15) is 5.10 Å². The minimum Gasteiger partial charge on any atom is -0.396 e. The highest BCUT2D eigenvalue weighted by atomic mass is 16.3. The molecule has 1 atom stereocenters. The highest BCUT2D eigenvalue weighted by molar-refractivity contribution is 5.76. The second-order valence-electron chi connectivity index (χ2n) is 4.41. The van der Waals surface area contributed by atoms with E-state index in [1.165, 1.54) is 10.9 Å². The summed E-state index contributed by atoms with van der Waals surface area (Å²) < 4.78 is 1.49. The third-order valence-corrected chi connectivity index (χ3v) is 2.84. The Labute approximate surface area is 101 Å². The quantitative estimate of drug-likeness (QED) is 0.659. The van der Waals surface area contributed by atoms with E-state index in [4.69, 9.17) is 10.8 Å². The van der Waals surface area contributed by atoms with Crippen molar-refractivity contribution in [2.24, 2.45) is 0 Å². The van der Waals surface area contributed by atoms with Crippen molar-refractivity contribution in [1.82, 2.24) is 15.1 Å². The maximum absolute atomic E-state index is 11.8. The number of aliphatic hydroxyl groups excluding tert-OH is 1. The Balaban J connectivity index is 2.53. The first-order valence-electron chi connectivity index (χ1n) is 5.69. The number of aromatic nitrogens is 2. The number of hydrogen-bond acceptors (Lipinski definition) is 4. The number of nitrogens with one attached hydrogen (secondary N) is 1. The van der Waals surface area contributed by atoms with Gasteiger partial charge in [0.25, 0.3) is 0 Å². The molecule has 0 aliphatic carbocycles. The first kappa shape index (κ1) is 13.5. The molecule has 1 heterocycles. The van der Waals surface area contributed by atoms with Crippen molar-refractivity contribution in [3.63, 3.8) is 0 Å². The zero-order chi connectivity index (χ0) is 12.9. The molecule has 4 N–H and O–H groups in total. The van der Waals surface area contributed by atoms with Crippen molar-refractivity contribution < 1.29 is 9.90 Å². The van der Waals surface area contributed by atoms with E-state index in [0.29, 0.717) is 12.1 Å². The number of nitrogens with zero attached hydrogens (tertiary/aromatic N) is 2. The van der Waals surface area contributed by atoms with E-state index in [0.717, 1.165) is 6.42 Å². The average molecular weight is 240 g/mol. The zero-order valence-electron chi connectivity index (χ0n) is 10.3. The highest BCUT2D eigenvalue weighted by Gasteiger charge is 2.23. The van der Waals surface area contributed by atoms with Gasteiger partial charge in [-0.3, -0.25) is 9.48 Å². The molecule has 0 saturated heterocycles. The Morgan fingerprint density at radius 2 is 2.41 bits per heavy atom. The molecule has 6 heteroatoms. The number of anilines is 1. The second kappa shape index (κ2) is 5.67. The number of rotatable bonds is 6. The van der Waals surface area contributed by atoms with Crippen LogP contribution in [0, 0.1) is 0 Å². The normalized spacial score (nSPS) is 14.3. The van der Waals surface area contributed by atoms with E-state index in [9.17, 15) is 4.79 Å². The standard InChI is InChI=1S/C11H20N4O2/c1-3-11(2,4-5-16)14-10(17)8-15-7-9(12)6-13-15/h6-7,16H,3-5,8,12H2,1-2H3,(H,14,17). The molecule has 17 heavy (non-hydrogen) atoms. The van der Waals surface area contributed by atoms with Gasteiger partial charge in [-0.25, -0.2) is 0 Å². The van der Waals surface area contributed by atoms with Gasteiger partial charge in [-0.05, 0) is 19.8 Å². The van der Waals surface area contributed by atoms with Crippen LogP contribution in [-0.2, 0) is 11.3 Å². The van der Waals surface area contributed by atoms with E-state index >= 15 is 0 Å². The second-order valence-corrected chi connectivity index (χ2v) is 4.41. The van der Waals surface area contributed by atoms with Gasteiger partial charge in [-0.1, -0.05) is 6.92 Å². The van der Waals surface area contributed by atoms with Crippen LogP contribution in [0.2, 0.25) is 0 Å². The summed E-state index contributed by atoms with van der Waals surface area (Å²) >= 11 is 0. The molecule has 0 fully saturated rings. The molecular formula is C11H20N4O2. The summed E-state index contributed by atoms with van der Waals surface area (Å²) in [7, 11) is 0. The van der Waals surface area contributed by atoms with Crippen molar-refractivity contribution in [3.8, 4) is 0 Å². The summed E-state index contributed by atoms with van der Waals surface area (Å²) in [6.07, 6.45) is 4.41. The van der Waals surface area contributed by atoms with Crippen molar-refractivity contribution in [3.05, 3.63) is 12.4 Å². The third kappa shape index (κ3) is 4.07. The van der Waals surface area contributed by atoms with Gasteiger partial charge in [0, 0.05) is 18.3 Å². The van der Waals surface area contributed by atoms with E-state index in [1.54, 1.807) is 6.20 Å². The van der Waals surface area contributed by atoms with Crippen molar-refractivity contribution >= 4 is 11.6 Å². The lowest BCUT2D eigenvalue weighted by molar-refractivity contribution is -0.123. The smallest absolute Gasteiger partial charge is 0.242 e. The van der Waals surface area contributed by atoms with Crippen LogP contribution >= 0.6 is 0 Å². The third-order valence-electron chi connectivity index (χ3n) is 2.84. The summed E-state index contributed by atoms with van der Waals surface area (Å²) in [5.41, 5.74) is 5.67. The molecule has 1 amide bonds. The van der Waals surface area contributed by atoms with E-state index in [-0.39, 0.29) is 24.6 Å². The fourth-order valence-corrected chi connectivity index (χ4v) is 1.56. The summed E-state index contributed by atoms with van der Waals surface area (Å²) in [4.78, 5) is 11.8. The number of nitrogens with two attached hydrogens (primary N) is 1. The molecule has 0 aliphatic rings. The minimum atomic E-state index is -0.371. The molecule has 6 nitrogen and oxygen atoms in total. The van der Waals surface area contributed by atoms with Crippen LogP contribution in [0.4, 0.5) is 5.69 Å². The van der Waals surface area contributed by atoms with Crippen LogP contribution in [0.3, 0.4) is 0 Å². The van der Waals surface area contributed by atoms with Crippen molar-refractivity contribution in [2.75, 3.05) is 12.3 Å². The molecule has 1 unspecified atom stereocenters. The Morgan fingerprint density at radius 3 is 2.88 bits per heavy atom. The molecule has 1 aromatic heterocycles. The largest absolute Gasteiger partial charge is 0.396 e. The number of carbonyl (C=O) groups excluding carboxylic acids is 1. The Kier molecular flexibility index (Phi) is 4.51.